The Morgan fingerprint density at radius 1 is 1.56 bits per heavy atom. The SMILES string of the molecule is C#CCN(CC1CC1)c1cccc(F)c1C(=O)O. The molecular weight excluding hydrogens is 233 g/mol. The van der Waals surface area contributed by atoms with E-state index in [1.807, 2.05) is 0 Å². The second-order valence-electron chi connectivity index (χ2n) is 4.47. The highest BCUT2D eigenvalue weighted by molar-refractivity contribution is 5.94. The van der Waals surface area contributed by atoms with Crippen molar-refractivity contribution >= 4 is 11.7 Å². The van der Waals surface area contributed by atoms with E-state index in [-0.39, 0.29) is 5.56 Å². The summed E-state index contributed by atoms with van der Waals surface area (Å²) in [6.07, 6.45) is 7.54. The molecule has 0 heterocycles. The quantitative estimate of drug-likeness (QED) is 0.812. The number of carbonyl (C=O) groups is 1. The third-order valence-corrected chi connectivity index (χ3v) is 3.00. The summed E-state index contributed by atoms with van der Waals surface area (Å²) in [5, 5.41) is 9.10. The standard InChI is InChI=1S/C14H14FNO2/c1-2-8-16(9-10-6-7-10)12-5-3-4-11(15)13(12)14(17)18/h1,3-5,10H,6-9H2,(H,17,18). The number of rotatable bonds is 5. The fourth-order valence-electron chi connectivity index (χ4n) is 1.96. The molecule has 1 saturated carbocycles. The molecule has 0 spiro atoms. The van der Waals surface area contributed by atoms with Crippen molar-refractivity contribution in [1.29, 1.82) is 0 Å². The summed E-state index contributed by atoms with van der Waals surface area (Å²) in [6, 6.07) is 4.26. The molecule has 4 heteroatoms. The predicted octanol–water partition coefficient (Wildman–Crippen LogP) is 2.37. The predicted molar refractivity (Wildman–Crippen MR) is 67.1 cm³/mol. The number of halogens is 1. The van der Waals surface area contributed by atoms with Crippen molar-refractivity contribution in [2.45, 2.75) is 12.8 Å². The molecule has 0 atom stereocenters. The van der Waals surface area contributed by atoms with Crippen LogP contribution in [0.15, 0.2) is 18.2 Å². The highest BCUT2D eigenvalue weighted by atomic mass is 19.1. The van der Waals surface area contributed by atoms with Crippen LogP contribution >= 0.6 is 0 Å². The number of carboxylic acid groups (broad SMARTS) is 1. The summed E-state index contributed by atoms with van der Waals surface area (Å²) < 4.78 is 13.6. The van der Waals surface area contributed by atoms with Gasteiger partial charge in [-0.1, -0.05) is 12.0 Å². The Bertz CT molecular complexity index is 503. The first-order valence-electron chi connectivity index (χ1n) is 5.83. The number of hydrogen-bond donors (Lipinski definition) is 1. The lowest BCUT2D eigenvalue weighted by atomic mass is 10.1. The molecule has 0 aliphatic heterocycles. The summed E-state index contributed by atoms with van der Waals surface area (Å²) in [6.45, 7) is 0.980. The van der Waals surface area contributed by atoms with Gasteiger partial charge in [0.25, 0.3) is 0 Å². The van der Waals surface area contributed by atoms with Gasteiger partial charge in [0.05, 0.1) is 12.2 Å². The van der Waals surface area contributed by atoms with E-state index in [9.17, 15) is 9.18 Å². The maximum Gasteiger partial charge on any atom is 0.340 e. The van der Waals surface area contributed by atoms with Crippen molar-refractivity contribution in [2.24, 2.45) is 5.92 Å². The zero-order valence-corrected chi connectivity index (χ0v) is 9.90. The summed E-state index contributed by atoms with van der Waals surface area (Å²) in [5.74, 6) is 1.05. The van der Waals surface area contributed by atoms with Crippen LogP contribution in [0.5, 0.6) is 0 Å². The highest BCUT2D eigenvalue weighted by Crippen LogP contribution is 2.32. The molecule has 0 bridgehead atoms. The van der Waals surface area contributed by atoms with E-state index in [2.05, 4.69) is 5.92 Å². The van der Waals surface area contributed by atoms with Gasteiger partial charge in [-0.25, -0.2) is 9.18 Å². The van der Waals surface area contributed by atoms with Crippen molar-refractivity contribution < 1.29 is 14.3 Å². The molecule has 18 heavy (non-hydrogen) atoms. The van der Waals surface area contributed by atoms with Gasteiger partial charge in [-0.2, -0.15) is 0 Å². The molecule has 2 rings (SSSR count). The molecule has 1 aliphatic rings. The molecule has 1 fully saturated rings. The fraction of sp³-hybridized carbons (Fsp3) is 0.357. The zero-order chi connectivity index (χ0) is 13.1. The summed E-state index contributed by atoms with van der Waals surface area (Å²) in [5.41, 5.74) is 0.0701. The smallest absolute Gasteiger partial charge is 0.340 e. The van der Waals surface area contributed by atoms with Gasteiger partial charge >= 0.3 is 5.97 Å². The van der Waals surface area contributed by atoms with E-state index in [1.54, 1.807) is 11.0 Å². The lowest BCUT2D eigenvalue weighted by Crippen LogP contribution is -2.28. The number of carboxylic acids is 1. The van der Waals surface area contributed by atoms with Crippen LogP contribution in [0.4, 0.5) is 10.1 Å². The largest absolute Gasteiger partial charge is 0.478 e. The van der Waals surface area contributed by atoms with Crippen LogP contribution < -0.4 is 4.90 Å². The van der Waals surface area contributed by atoms with Crippen molar-refractivity contribution in [3.8, 4) is 12.3 Å². The van der Waals surface area contributed by atoms with Crippen molar-refractivity contribution in [3.63, 3.8) is 0 Å². The van der Waals surface area contributed by atoms with Gasteiger partial charge in [0, 0.05) is 6.54 Å². The molecule has 0 amide bonds. The van der Waals surface area contributed by atoms with Gasteiger partial charge in [0.1, 0.15) is 11.4 Å². The van der Waals surface area contributed by atoms with E-state index >= 15 is 0 Å². The number of terminal acetylenes is 1. The van der Waals surface area contributed by atoms with Gasteiger partial charge < -0.3 is 10.0 Å². The molecule has 0 radical (unpaired) electrons. The zero-order valence-electron chi connectivity index (χ0n) is 9.90. The average molecular weight is 247 g/mol. The van der Waals surface area contributed by atoms with Crippen LogP contribution in [-0.4, -0.2) is 24.2 Å². The third kappa shape index (κ3) is 2.62. The molecule has 0 aromatic heterocycles. The van der Waals surface area contributed by atoms with E-state index < -0.39 is 11.8 Å². The monoisotopic (exact) mass is 247 g/mol. The van der Waals surface area contributed by atoms with E-state index in [4.69, 9.17) is 11.5 Å². The number of aromatic carboxylic acids is 1. The number of hydrogen-bond acceptors (Lipinski definition) is 2. The Morgan fingerprint density at radius 2 is 2.28 bits per heavy atom. The Balaban J connectivity index is 2.36. The van der Waals surface area contributed by atoms with Crippen molar-refractivity contribution in [1.82, 2.24) is 0 Å². The molecule has 0 unspecified atom stereocenters. The molecule has 1 N–H and O–H groups in total. The van der Waals surface area contributed by atoms with Gasteiger partial charge in [0.15, 0.2) is 0 Å². The van der Waals surface area contributed by atoms with Crippen LogP contribution in [0.25, 0.3) is 0 Å². The van der Waals surface area contributed by atoms with Crippen molar-refractivity contribution in [3.05, 3.63) is 29.6 Å². The average Bonchev–Trinajstić information content (AvgIpc) is 3.11. The van der Waals surface area contributed by atoms with Gasteiger partial charge in [-0.3, -0.25) is 0 Å². The minimum Gasteiger partial charge on any atom is -0.478 e. The number of nitrogens with zero attached hydrogens (tertiary/aromatic N) is 1. The Morgan fingerprint density at radius 3 is 2.83 bits per heavy atom. The van der Waals surface area contributed by atoms with Crippen LogP contribution in [-0.2, 0) is 0 Å². The molecule has 1 aromatic rings. The molecular formula is C14H14FNO2. The molecule has 1 aliphatic carbocycles. The van der Waals surface area contributed by atoms with Gasteiger partial charge in [0.2, 0.25) is 0 Å². The minimum atomic E-state index is -1.26. The molecule has 94 valence electrons. The molecule has 3 nitrogen and oxygen atoms in total. The summed E-state index contributed by atoms with van der Waals surface area (Å²) in [4.78, 5) is 12.9. The first-order valence-corrected chi connectivity index (χ1v) is 5.83. The number of anilines is 1. The van der Waals surface area contributed by atoms with E-state index in [1.165, 1.54) is 6.07 Å². The summed E-state index contributed by atoms with van der Waals surface area (Å²) in [7, 11) is 0. The molecule has 1 aromatic carbocycles. The van der Waals surface area contributed by atoms with Crippen molar-refractivity contribution in [2.75, 3.05) is 18.0 Å². The maximum atomic E-state index is 13.6. The van der Waals surface area contributed by atoms with E-state index in [0.717, 1.165) is 18.9 Å². The minimum absolute atomic E-state index is 0.292. The molecule has 0 saturated heterocycles. The first-order chi connectivity index (χ1) is 8.63. The Kier molecular flexibility index (Phi) is 3.52. The van der Waals surface area contributed by atoms with Crippen LogP contribution in [0.1, 0.15) is 23.2 Å². The Hall–Kier alpha value is -2.02. The van der Waals surface area contributed by atoms with Crippen LogP contribution in [0.2, 0.25) is 0 Å². The maximum absolute atomic E-state index is 13.6. The second-order valence-corrected chi connectivity index (χ2v) is 4.47. The van der Waals surface area contributed by atoms with E-state index in [0.29, 0.717) is 24.7 Å². The Labute approximate surface area is 105 Å². The highest BCUT2D eigenvalue weighted by Gasteiger charge is 2.27. The van der Waals surface area contributed by atoms with Crippen LogP contribution in [0.3, 0.4) is 0 Å². The fourth-order valence-corrected chi connectivity index (χ4v) is 1.96. The van der Waals surface area contributed by atoms with Gasteiger partial charge in [-0.15, -0.1) is 6.42 Å². The second kappa shape index (κ2) is 5.09. The first kappa shape index (κ1) is 12.4. The summed E-state index contributed by atoms with van der Waals surface area (Å²) >= 11 is 0. The van der Waals surface area contributed by atoms with Gasteiger partial charge in [-0.05, 0) is 30.9 Å². The lowest BCUT2D eigenvalue weighted by molar-refractivity contribution is 0.0692. The lowest BCUT2D eigenvalue weighted by Gasteiger charge is -2.24. The number of benzene rings is 1. The normalized spacial score (nSPS) is 14.0. The van der Waals surface area contributed by atoms with Crippen LogP contribution in [0, 0.1) is 24.1 Å². The third-order valence-electron chi connectivity index (χ3n) is 3.00. The topological polar surface area (TPSA) is 40.5 Å².